The number of rotatable bonds is 4. The number of anilines is 2. The smallest absolute Gasteiger partial charge is 0.302 e. The van der Waals surface area contributed by atoms with Gasteiger partial charge in [-0.15, -0.1) is 0 Å². The van der Waals surface area contributed by atoms with Crippen molar-refractivity contribution in [2.24, 2.45) is 0 Å². The maximum Gasteiger partial charge on any atom is 0.302 e. The van der Waals surface area contributed by atoms with Crippen molar-refractivity contribution in [3.8, 4) is 0 Å². The van der Waals surface area contributed by atoms with E-state index in [4.69, 9.17) is 9.52 Å². The molecule has 1 heterocycles. The molecule has 0 fully saturated rings. The van der Waals surface area contributed by atoms with Crippen LogP contribution >= 0.6 is 0 Å². The van der Waals surface area contributed by atoms with Crippen molar-refractivity contribution < 1.29 is 13.9 Å². The standard InChI is InChI=1S/C12H13FN2O2/c1-2-15(11-5-3-4-9(13)6-11)12-14-10(7-16)8-17-12/h3-6,8,16H,2,7H2,1H3. The number of hydrogen-bond donors (Lipinski definition) is 1. The summed E-state index contributed by atoms with van der Waals surface area (Å²) in [6.45, 7) is 2.33. The van der Waals surface area contributed by atoms with Gasteiger partial charge < -0.3 is 9.52 Å². The van der Waals surface area contributed by atoms with Crippen LogP contribution in [0.5, 0.6) is 0 Å². The van der Waals surface area contributed by atoms with Gasteiger partial charge >= 0.3 is 6.01 Å². The molecule has 0 aliphatic rings. The van der Waals surface area contributed by atoms with E-state index < -0.39 is 0 Å². The molecule has 2 aromatic rings. The summed E-state index contributed by atoms with van der Waals surface area (Å²) in [7, 11) is 0. The highest BCUT2D eigenvalue weighted by Gasteiger charge is 2.13. The maximum absolute atomic E-state index is 13.1. The van der Waals surface area contributed by atoms with Crippen LogP contribution < -0.4 is 4.90 Å². The van der Waals surface area contributed by atoms with Crippen LogP contribution in [0, 0.1) is 5.82 Å². The van der Waals surface area contributed by atoms with Gasteiger partial charge in [-0.05, 0) is 25.1 Å². The minimum atomic E-state index is -0.310. The van der Waals surface area contributed by atoms with E-state index in [1.165, 1.54) is 18.4 Å². The number of aliphatic hydroxyl groups is 1. The molecule has 0 spiro atoms. The summed E-state index contributed by atoms with van der Waals surface area (Å²) in [6, 6.07) is 6.54. The lowest BCUT2D eigenvalue weighted by Crippen LogP contribution is -2.16. The third-order valence-electron chi connectivity index (χ3n) is 2.37. The van der Waals surface area contributed by atoms with Gasteiger partial charge in [-0.1, -0.05) is 6.07 Å². The topological polar surface area (TPSA) is 49.5 Å². The van der Waals surface area contributed by atoms with Gasteiger partial charge in [0.05, 0.1) is 6.61 Å². The van der Waals surface area contributed by atoms with E-state index in [2.05, 4.69) is 4.98 Å². The van der Waals surface area contributed by atoms with Crippen LogP contribution in [0.3, 0.4) is 0 Å². The Balaban J connectivity index is 2.33. The number of oxazole rings is 1. The lowest BCUT2D eigenvalue weighted by molar-refractivity contribution is 0.276. The van der Waals surface area contributed by atoms with Crippen LogP contribution in [-0.2, 0) is 6.61 Å². The molecule has 0 saturated heterocycles. The summed E-state index contributed by atoms with van der Waals surface area (Å²) in [5.41, 5.74) is 1.12. The molecule has 0 atom stereocenters. The summed E-state index contributed by atoms with van der Waals surface area (Å²) in [5, 5.41) is 8.92. The normalized spacial score (nSPS) is 10.5. The highest BCUT2D eigenvalue weighted by atomic mass is 19.1. The van der Waals surface area contributed by atoms with Crippen LogP contribution in [0.15, 0.2) is 34.9 Å². The van der Waals surface area contributed by atoms with Gasteiger partial charge in [-0.2, -0.15) is 4.98 Å². The Morgan fingerprint density at radius 2 is 2.29 bits per heavy atom. The molecule has 1 aromatic heterocycles. The third kappa shape index (κ3) is 2.45. The van der Waals surface area contributed by atoms with E-state index >= 15 is 0 Å². The Hall–Kier alpha value is -1.88. The number of nitrogens with zero attached hydrogens (tertiary/aromatic N) is 2. The first-order valence-electron chi connectivity index (χ1n) is 5.33. The second-order valence-corrected chi connectivity index (χ2v) is 3.50. The zero-order valence-electron chi connectivity index (χ0n) is 9.43. The van der Waals surface area contributed by atoms with Crippen molar-refractivity contribution in [1.29, 1.82) is 0 Å². The largest absolute Gasteiger partial charge is 0.431 e. The first kappa shape index (κ1) is 11.6. The first-order valence-corrected chi connectivity index (χ1v) is 5.33. The highest BCUT2D eigenvalue weighted by Crippen LogP contribution is 2.24. The Kier molecular flexibility index (Phi) is 3.39. The number of halogens is 1. The van der Waals surface area contributed by atoms with E-state index in [0.29, 0.717) is 23.9 Å². The molecule has 4 nitrogen and oxygen atoms in total. The second-order valence-electron chi connectivity index (χ2n) is 3.50. The predicted octanol–water partition coefficient (Wildman–Crippen LogP) is 2.46. The molecule has 0 aliphatic heterocycles. The molecule has 0 radical (unpaired) electrons. The molecule has 0 aliphatic carbocycles. The van der Waals surface area contributed by atoms with Crippen molar-refractivity contribution in [3.05, 3.63) is 42.0 Å². The van der Waals surface area contributed by atoms with Crippen molar-refractivity contribution in [1.82, 2.24) is 4.98 Å². The van der Waals surface area contributed by atoms with Crippen molar-refractivity contribution in [2.75, 3.05) is 11.4 Å². The molecule has 0 saturated carbocycles. The van der Waals surface area contributed by atoms with Crippen LogP contribution in [0.2, 0.25) is 0 Å². The van der Waals surface area contributed by atoms with Gasteiger partial charge in [0.2, 0.25) is 0 Å². The number of aromatic nitrogens is 1. The second kappa shape index (κ2) is 4.97. The summed E-state index contributed by atoms with van der Waals surface area (Å²) in [6.07, 6.45) is 1.39. The first-order chi connectivity index (χ1) is 8.24. The van der Waals surface area contributed by atoms with E-state index in [-0.39, 0.29) is 12.4 Å². The van der Waals surface area contributed by atoms with Crippen LogP contribution in [-0.4, -0.2) is 16.6 Å². The minimum absolute atomic E-state index is 0.176. The SMILES string of the molecule is CCN(c1cccc(F)c1)c1nc(CO)co1. The van der Waals surface area contributed by atoms with Crippen LogP contribution in [0.4, 0.5) is 16.1 Å². The maximum atomic E-state index is 13.1. The lowest BCUT2D eigenvalue weighted by Gasteiger charge is -2.18. The molecular formula is C12H13FN2O2. The molecule has 0 amide bonds. The molecule has 1 aromatic carbocycles. The van der Waals surface area contributed by atoms with Gasteiger partial charge in [-0.25, -0.2) is 4.39 Å². The molecule has 90 valence electrons. The third-order valence-corrected chi connectivity index (χ3v) is 2.37. The molecule has 0 unspecified atom stereocenters. The molecule has 17 heavy (non-hydrogen) atoms. The average Bonchev–Trinajstić information content (AvgIpc) is 2.79. The molecule has 5 heteroatoms. The van der Waals surface area contributed by atoms with E-state index in [1.807, 2.05) is 6.92 Å². The fourth-order valence-electron chi connectivity index (χ4n) is 1.57. The fraction of sp³-hybridized carbons (Fsp3) is 0.250. The zero-order valence-corrected chi connectivity index (χ0v) is 9.43. The fourth-order valence-corrected chi connectivity index (χ4v) is 1.57. The zero-order chi connectivity index (χ0) is 12.3. The summed E-state index contributed by atoms with van der Waals surface area (Å²) in [4.78, 5) is 5.82. The van der Waals surface area contributed by atoms with Gasteiger partial charge in [-0.3, -0.25) is 4.90 Å². The van der Waals surface area contributed by atoms with E-state index in [1.54, 1.807) is 17.0 Å². The van der Waals surface area contributed by atoms with Crippen molar-refractivity contribution >= 4 is 11.7 Å². The van der Waals surface area contributed by atoms with Crippen molar-refractivity contribution in [2.45, 2.75) is 13.5 Å². The van der Waals surface area contributed by atoms with E-state index in [9.17, 15) is 4.39 Å². The summed E-state index contributed by atoms with van der Waals surface area (Å²) < 4.78 is 18.4. The monoisotopic (exact) mass is 236 g/mol. The van der Waals surface area contributed by atoms with Gasteiger partial charge in [0.15, 0.2) is 0 Å². The molecular weight excluding hydrogens is 223 g/mol. The quantitative estimate of drug-likeness (QED) is 0.885. The molecule has 2 rings (SSSR count). The van der Waals surface area contributed by atoms with Gasteiger partial charge in [0, 0.05) is 12.2 Å². The molecule has 1 N–H and O–H groups in total. The number of benzene rings is 1. The van der Waals surface area contributed by atoms with E-state index in [0.717, 1.165) is 0 Å². The van der Waals surface area contributed by atoms with Crippen LogP contribution in [0.25, 0.3) is 0 Å². The Labute approximate surface area is 98.3 Å². The molecule has 0 bridgehead atoms. The van der Waals surface area contributed by atoms with Crippen molar-refractivity contribution in [3.63, 3.8) is 0 Å². The van der Waals surface area contributed by atoms with Crippen LogP contribution in [0.1, 0.15) is 12.6 Å². The summed E-state index contributed by atoms with van der Waals surface area (Å²) in [5.74, 6) is -0.310. The number of hydrogen-bond acceptors (Lipinski definition) is 4. The number of aliphatic hydroxyl groups excluding tert-OH is 1. The Morgan fingerprint density at radius 3 is 2.88 bits per heavy atom. The minimum Gasteiger partial charge on any atom is -0.431 e. The summed E-state index contributed by atoms with van der Waals surface area (Å²) >= 11 is 0. The Bertz CT molecular complexity index is 499. The Morgan fingerprint density at radius 1 is 1.47 bits per heavy atom. The lowest BCUT2D eigenvalue weighted by atomic mass is 10.3. The highest BCUT2D eigenvalue weighted by molar-refractivity contribution is 5.55. The van der Waals surface area contributed by atoms with Gasteiger partial charge in [0.1, 0.15) is 17.8 Å². The average molecular weight is 236 g/mol. The predicted molar refractivity (Wildman–Crippen MR) is 61.5 cm³/mol. The van der Waals surface area contributed by atoms with Gasteiger partial charge in [0.25, 0.3) is 0 Å².